The number of aromatic nitrogens is 3. The Morgan fingerprint density at radius 3 is 2.47 bits per heavy atom. The summed E-state index contributed by atoms with van der Waals surface area (Å²) in [6.45, 7) is 5.52. The summed E-state index contributed by atoms with van der Waals surface area (Å²) in [7, 11) is 0. The smallest absolute Gasteiger partial charge is 0.274 e. The number of halogens is 1. The van der Waals surface area contributed by atoms with Crippen molar-refractivity contribution >= 4 is 11.4 Å². The van der Waals surface area contributed by atoms with E-state index in [1.807, 2.05) is 52.9 Å². The Bertz CT molecular complexity index is 1160. The van der Waals surface area contributed by atoms with Crippen molar-refractivity contribution in [3.05, 3.63) is 78.5 Å². The molecule has 0 saturated heterocycles. The Morgan fingerprint density at radius 1 is 1.00 bits per heavy atom. The molecule has 154 valence electrons. The lowest BCUT2D eigenvalue weighted by Gasteiger charge is -2.19. The van der Waals surface area contributed by atoms with Gasteiger partial charge in [-0.2, -0.15) is 5.10 Å². The van der Waals surface area contributed by atoms with E-state index in [1.165, 1.54) is 12.1 Å². The highest BCUT2D eigenvalue weighted by atomic mass is 19.1. The summed E-state index contributed by atoms with van der Waals surface area (Å²) in [5.74, 6) is 0.539. The van der Waals surface area contributed by atoms with Crippen LogP contribution in [0.2, 0.25) is 0 Å². The summed E-state index contributed by atoms with van der Waals surface area (Å²) >= 11 is 0. The van der Waals surface area contributed by atoms with Crippen molar-refractivity contribution in [2.24, 2.45) is 0 Å². The van der Waals surface area contributed by atoms with E-state index >= 15 is 0 Å². The molecule has 0 spiro atoms. The van der Waals surface area contributed by atoms with Gasteiger partial charge in [0.15, 0.2) is 5.69 Å². The molecule has 0 saturated carbocycles. The SMILES string of the molecule is CCCCN(CC)C(=O)c1ccn(-c2ccc3ccc(-c4ccc(F)cc4)cn23)n1. The number of fused-ring (bicyclic) bond motifs is 1. The largest absolute Gasteiger partial charge is 0.338 e. The molecule has 0 N–H and O–H groups in total. The van der Waals surface area contributed by atoms with Gasteiger partial charge < -0.3 is 9.30 Å². The van der Waals surface area contributed by atoms with Crippen LogP contribution in [0.4, 0.5) is 4.39 Å². The fourth-order valence-electron chi connectivity index (χ4n) is 3.57. The molecule has 0 fully saturated rings. The van der Waals surface area contributed by atoms with Crippen molar-refractivity contribution in [1.82, 2.24) is 19.1 Å². The summed E-state index contributed by atoms with van der Waals surface area (Å²) < 4.78 is 17.0. The highest BCUT2D eigenvalue weighted by molar-refractivity contribution is 5.92. The molecule has 1 aromatic carbocycles. The van der Waals surface area contributed by atoms with Crippen LogP contribution in [0.1, 0.15) is 37.2 Å². The number of amides is 1. The van der Waals surface area contributed by atoms with E-state index in [-0.39, 0.29) is 11.7 Å². The van der Waals surface area contributed by atoms with E-state index in [4.69, 9.17) is 0 Å². The lowest BCUT2D eigenvalue weighted by molar-refractivity contribution is 0.0756. The zero-order valence-electron chi connectivity index (χ0n) is 17.3. The molecule has 0 aliphatic heterocycles. The van der Waals surface area contributed by atoms with E-state index < -0.39 is 0 Å². The van der Waals surface area contributed by atoms with Crippen LogP contribution in [-0.2, 0) is 0 Å². The molecule has 3 aromatic heterocycles. The Labute approximate surface area is 175 Å². The predicted molar refractivity (Wildman–Crippen MR) is 116 cm³/mol. The van der Waals surface area contributed by atoms with Crippen LogP contribution < -0.4 is 0 Å². The van der Waals surface area contributed by atoms with Crippen LogP contribution in [0, 0.1) is 5.82 Å². The first kappa shape index (κ1) is 19.9. The molecule has 4 aromatic rings. The number of unbranched alkanes of at least 4 members (excludes halogenated alkanes) is 1. The topological polar surface area (TPSA) is 42.5 Å². The van der Waals surface area contributed by atoms with Crippen molar-refractivity contribution in [3.8, 4) is 16.9 Å². The average molecular weight is 404 g/mol. The molecule has 0 aliphatic rings. The van der Waals surface area contributed by atoms with E-state index in [0.717, 1.165) is 41.8 Å². The number of hydrogen-bond donors (Lipinski definition) is 0. The van der Waals surface area contributed by atoms with Crippen molar-refractivity contribution in [2.75, 3.05) is 13.1 Å². The normalized spacial score (nSPS) is 11.2. The van der Waals surface area contributed by atoms with Gasteiger partial charge in [0.05, 0.1) is 0 Å². The molecule has 4 rings (SSSR count). The molecular formula is C24H25FN4O. The quantitative estimate of drug-likeness (QED) is 0.425. The van der Waals surface area contributed by atoms with Gasteiger partial charge in [-0.25, -0.2) is 9.07 Å². The van der Waals surface area contributed by atoms with Gasteiger partial charge in [0.25, 0.3) is 5.91 Å². The van der Waals surface area contributed by atoms with E-state index in [2.05, 4.69) is 12.0 Å². The number of pyridine rings is 1. The number of benzene rings is 1. The third kappa shape index (κ3) is 3.85. The maximum absolute atomic E-state index is 13.3. The lowest BCUT2D eigenvalue weighted by atomic mass is 10.1. The molecule has 0 aliphatic carbocycles. The van der Waals surface area contributed by atoms with E-state index in [1.54, 1.807) is 22.9 Å². The second kappa shape index (κ2) is 8.53. The number of carbonyl (C=O) groups is 1. The van der Waals surface area contributed by atoms with Crippen molar-refractivity contribution in [2.45, 2.75) is 26.7 Å². The fraction of sp³-hybridized carbons (Fsp3) is 0.250. The Balaban J connectivity index is 1.66. The molecule has 0 radical (unpaired) electrons. The Hall–Kier alpha value is -3.41. The highest BCUT2D eigenvalue weighted by Gasteiger charge is 2.17. The zero-order chi connectivity index (χ0) is 21.1. The maximum atomic E-state index is 13.3. The molecule has 0 bridgehead atoms. The fourth-order valence-corrected chi connectivity index (χ4v) is 3.57. The van der Waals surface area contributed by atoms with E-state index in [9.17, 15) is 9.18 Å². The van der Waals surface area contributed by atoms with Gasteiger partial charge in [-0.1, -0.05) is 31.5 Å². The summed E-state index contributed by atoms with van der Waals surface area (Å²) in [4.78, 5) is 14.6. The van der Waals surface area contributed by atoms with Crippen LogP contribution in [0.25, 0.3) is 22.5 Å². The standard InChI is InChI=1S/C24H25FN4O/c1-3-5-15-27(4-2)24(30)22-14-16-29(26-22)23-13-12-21-11-8-19(17-28(21)23)18-6-9-20(25)10-7-18/h6-14,16-17H,3-5,15H2,1-2H3. The number of rotatable bonds is 7. The molecule has 0 atom stereocenters. The Morgan fingerprint density at radius 2 is 1.73 bits per heavy atom. The van der Waals surface area contributed by atoms with Crippen LogP contribution >= 0.6 is 0 Å². The molecule has 3 heterocycles. The number of hydrogen-bond acceptors (Lipinski definition) is 2. The molecule has 6 heteroatoms. The lowest BCUT2D eigenvalue weighted by Crippen LogP contribution is -2.32. The van der Waals surface area contributed by atoms with Crippen LogP contribution in [0.15, 0.2) is 67.0 Å². The third-order valence-electron chi connectivity index (χ3n) is 5.30. The van der Waals surface area contributed by atoms with Crippen molar-refractivity contribution < 1.29 is 9.18 Å². The van der Waals surface area contributed by atoms with Gasteiger partial charge in [0, 0.05) is 31.0 Å². The minimum Gasteiger partial charge on any atom is -0.338 e. The number of nitrogens with zero attached hydrogens (tertiary/aromatic N) is 4. The summed E-state index contributed by atoms with van der Waals surface area (Å²) in [6, 6.07) is 16.2. The van der Waals surface area contributed by atoms with Gasteiger partial charge in [0.2, 0.25) is 0 Å². The second-order valence-corrected chi connectivity index (χ2v) is 7.29. The first-order valence-electron chi connectivity index (χ1n) is 10.3. The van der Waals surface area contributed by atoms with Gasteiger partial charge in [0.1, 0.15) is 11.6 Å². The Kier molecular flexibility index (Phi) is 5.65. The first-order chi connectivity index (χ1) is 14.6. The summed E-state index contributed by atoms with van der Waals surface area (Å²) in [6.07, 6.45) is 5.84. The van der Waals surface area contributed by atoms with Crippen LogP contribution in [0.3, 0.4) is 0 Å². The summed E-state index contributed by atoms with van der Waals surface area (Å²) in [5, 5.41) is 4.55. The van der Waals surface area contributed by atoms with E-state index in [0.29, 0.717) is 12.2 Å². The monoisotopic (exact) mass is 404 g/mol. The maximum Gasteiger partial charge on any atom is 0.274 e. The average Bonchev–Trinajstić information content (AvgIpc) is 3.41. The molecular weight excluding hydrogens is 379 g/mol. The molecule has 0 unspecified atom stereocenters. The van der Waals surface area contributed by atoms with Crippen molar-refractivity contribution in [3.63, 3.8) is 0 Å². The minimum absolute atomic E-state index is 0.0439. The first-order valence-corrected chi connectivity index (χ1v) is 10.3. The van der Waals surface area contributed by atoms with Crippen molar-refractivity contribution in [1.29, 1.82) is 0 Å². The predicted octanol–water partition coefficient (Wildman–Crippen LogP) is 5.19. The number of carbonyl (C=O) groups excluding carboxylic acids is 1. The van der Waals surface area contributed by atoms with Gasteiger partial charge >= 0.3 is 0 Å². The molecule has 5 nitrogen and oxygen atoms in total. The van der Waals surface area contributed by atoms with Crippen LogP contribution in [0.5, 0.6) is 0 Å². The third-order valence-corrected chi connectivity index (χ3v) is 5.30. The minimum atomic E-state index is -0.254. The molecule has 30 heavy (non-hydrogen) atoms. The van der Waals surface area contributed by atoms with Gasteiger partial charge in [-0.15, -0.1) is 0 Å². The highest BCUT2D eigenvalue weighted by Crippen LogP contribution is 2.23. The molecule has 1 amide bonds. The second-order valence-electron chi connectivity index (χ2n) is 7.29. The summed E-state index contributed by atoms with van der Waals surface area (Å²) in [5.41, 5.74) is 3.36. The van der Waals surface area contributed by atoms with Gasteiger partial charge in [-0.3, -0.25) is 4.79 Å². The van der Waals surface area contributed by atoms with Crippen LogP contribution in [-0.4, -0.2) is 38.1 Å². The zero-order valence-corrected chi connectivity index (χ0v) is 17.3. The van der Waals surface area contributed by atoms with Gasteiger partial charge in [-0.05, 0) is 60.9 Å².